The number of sulfonamides is 1. The first-order chi connectivity index (χ1) is 18.0. The Kier molecular flexibility index (Phi) is 7.93. The number of guanidine groups is 1. The third-order valence-electron chi connectivity index (χ3n) is 6.02. The zero-order valence-electron chi connectivity index (χ0n) is 21.3. The molecule has 200 valence electrons. The minimum atomic E-state index is -4.15. The molecule has 1 aromatic heterocycles. The molecule has 0 fully saturated rings. The summed E-state index contributed by atoms with van der Waals surface area (Å²) in [5.74, 6) is -0.564. The summed E-state index contributed by atoms with van der Waals surface area (Å²) in [6.07, 6.45) is 3.43. The maximum atomic E-state index is 13.1. The maximum absolute atomic E-state index is 13.1. The molecule has 12 heteroatoms. The van der Waals surface area contributed by atoms with Crippen LogP contribution in [-0.2, 0) is 21.2 Å². The van der Waals surface area contributed by atoms with Gasteiger partial charge in [-0.3, -0.25) is 14.6 Å². The van der Waals surface area contributed by atoms with Gasteiger partial charge in [0.05, 0.1) is 22.3 Å². The van der Waals surface area contributed by atoms with Gasteiger partial charge in [-0.15, -0.1) is 0 Å². The number of hydrogen-bond donors (Lipinski definition) is 5. The van der Waals surface area contributed by atoms with Crippen molar-refractivity contribution in [2.75, 3.05) is 19.6 Å². The fourth-order valence-electron chi connectivity index (χ4n) is 4.48. The third kappa shape index (κ3) is 6.26. The molecule has 1 aliphatic rings. The lowest BCUT2D eigenvalue weighted by Crippen LogP contribution is -2.43. The van der Waals surface area contributed by atoms with Crippen molar-refractivity contribution in [3.8, 4) is 0 Å². The predicted octanol–water partition coefficient (Wildman–Crippen LogP) is 1.38. The van der Waals surface area contributed by atoms with E-state index in [1.165, 1.54) is 0 Å². The van der Waals surface area contributed by atoms with Gasteiger partial charge in [-0.25, -0.2) is 13.4 Å². The molecular formula is C26H30N6O5S. The molecule has 0 amide bonds. The molecule has 11 nitrogen and oxygen atoms in total. The summed E-state index contributed by atoms with van der Waals surface area (Å²) in [6, 6.07) is 7.06. The van der Waals surface area contributed by atoms with Crippen LogP contribution in [0.15, 0.2) is 51.1 Å². The largest absolute Gasteiger partial charge is 0.480 e. The summed E-state index contributed by atoms with van der Waals surface area (Å²) < 4.78 is 28.5. The number of fused-ring (bicyclic) bond motifs is 1. The van der Waals surface area contributed by atoms with Crippen molar-refractivity contribution < 1.29 is 18.3 Å². The highest BCUT2D eigenvalue weighted by atomic mass is 32.2. The number of carboxylic acid groups (broad SMARTS) is 1. The summed E-state index contributed by atoms with van der Waals surface area (Å²) in [4.78, 5) is 36.0. The first-order valence-electron chi connectivity index (χ1n) is 12.1. The summed E-state index contributed by atoms with van der Waals surface area (Å²) in [6.45, 7) is 7.31. The Morgan fingerprint density at radius 1 is 1.18 bits per heavy atom. The van der Waals surface area contributed by atoms with Crippen LogP contribution in [0.1, 0.15) is 28.1 Å². The molecule has 0 aliphatic carbocycles. The molecule has 2 heterocycles. The molecule has 2 aromatic carbocycles. The highest BCUT2D eigenvalue weighted by molar-refractivity contribution is 7.89. The molecule has 1 atom stereocenters. The van der Waals surface area contributed by atoms with E-state index in [-0.39, 0.29) is 17.1 Å². The predicted molar refractivity (Wildman–Crippen MR) is 146 cm³/mol. The van der Waals surface area contributed by atoms with Crippen molar-refractivity contribution in [3.05, 3.63) is 74.8 Å². The van der Waals surface area contributed by atoms with Gasteiger partial charge < -0.3 is 20.7 Å². The molecule has 4 rings (SSSR count). The molecule has 0 bridgehead atoms. The number of aliphatic carboxylic acids is 1. The van der Waals surface area contributed by atoms with E-state index in [4.69, 9.17) is 0 Å². The number of nitrogens with zero attached hydrogens (tertiary/aromatic N) is 2. The Labute approximate surface area is 220 Å². The second-order valence-electron chi connectivity index (χ2n) is 9.17. The van der Waals surface area contributed by atoms with Crippen LogP contribution in [0.5, 0.6) is 0 Å². The van der Waals surface area contributed by atoms with Crippen molar-refractivity contribution in [1.82, 2.24) is 25.3 Å². The van der Waals surface area contributed by atoms with Crippen LogP contribution in [-0.4, -0.2) is 61.1 Å². The average molecular weight is 539 g/mol. The van der Waals surface area contributed by atoms with Crippen LogP contribution < -0.4 is 20.9 Å². The van der Waals surface area contributed by atoms with E-state index < -0.39 is 27.6 Å². The lowest BCUT2D eigenvalue weighted by atomic mass is 10.1. The first-order valence-corrected chi connectivity index (χ1v) is 13.6. The van der Waals surface area contributed by atoms with E-state index in [1.54, 1.807) is 44.2 Å². The fourth-order valence-corrected chi connectivity index (χ4v) is 6.12. The van der Waals surface area contributed by atoms with Gasteiger partial charge in [-0.2, -0.15) is 4.72 Å². The lowest BCUT2D eigenvalue weighted by molar-refractivity contribution is -0.139. The third-order valence-corrected chi connectivity index (χ3v) is 7.79. The van der Waals surface area contributed by atoms with Crippen molar-refractivity contribution in [2.45, 2.75) is 38.1 Å². The number of aliphatic imine (C=N–C) groups is 1. The van der Waals surface area contributed by atoms with Crippen LogP contribution >= 0.6 is 0 Å². The van der Waals surface area contributed by atoms with Gasteiger partial charge in [0.15, 0.2) is 5.96 Å². The molecule has 0 radical (unpaired) electrons. The van der Waals surface area contributed by atoms with E-state index in [2.05, 4.69) is 30.3 Å². The highest BCUT2D eigenvalue weighted by Crippen LogP contribution is 2.22. The number of carbonyl (C=O) groups is 1. The monoisotopic (exact) mass is 538 g/mol. The Balaban J connectivity index is 1.52. The van der Waals surface area contributed by atoms with E-state index in [9.17, 15) is 23.1 Å². The Morgan fingerprint density at radius 3 is 2.58 bits per heavy atom. The number of rotatable bonds is 9. The molecule has 38 heavy (non-hydrogen) atoms. The van der Waals surface area contributed by atoms with Crippen molar-refractivity contribution in [3.63, 3.8) is 0 Å². The molecule has 3 aromatic rings. The van der Waals surface area contributed by atoms with Gasteiger partial charge in [0, 0.05) is 19.5 Å². The quantitative estimate of drug-likeness (QED) is 0.273. The van der Waals surface area contributed by atoms with E-state index in [1.807, 2.05) is 19.1 Å². The number of aromatic amines is 1. The van der Waals surface area contributed by atoms with Gasteiger partial charge in [-0.05, 0) is 49.6 Å². The number of hydrogen-bond acceptors (Lipinski definition) is 8. The Bertz CT molecular complexity index is 1590. The number of H-pyrrole nitrogens is 1. The van der Waals surface area contributed by atoms with Gasteiger partial charge in [0.1, 0.15) is 11.9 Å². The first kappa shape index (κ1) is 27.0. The van der Waals surface area contributed by atoms with E-state index >= 15 is 0 Å². The van der Waals surface area contributed by atoms with Gasteiger partial charge in [0.2, 0.25) is 10.0 Å². The molecule has 0 saturated heterocycles. The van der Waals surface area contributed by atoms with Crippen molar-refractivity contribution in [2.24, 2.45) is 4.99 Å². The van der Waals surface area contributed by atoms with Crippen LogP contribution in [0.2, 0.25) is 0 Å². The lowest BCUT2D eigenvalue weighted by Gasteiger charge is -2.17. The van der Waals surface area contributed by atoms with Crippen LogP contribution in [0.25, 0.3) is 17.0 Å². The van der Waals surface area contributed by atoms with Crippen LogP contribution in [0.4, 0.5) is 0 Å². The number of aryl methyl sites for hydroxylation is 3. The topological polar surface area (TPSA) is 166 Å². The van der Waals surface area contributed by atoms with Crippen LogP contribution in [0, 0.1) is 20.8 Å². The Morgan fingerprint density at radius 2 is 1.92 bits per heavy atom. The normalized spacial score (nSPS) is 14.4. The molecule has 0 unspecified atom stereocenters. The summed E-state index contributed by atoms with van der Waals surface area (Å²) >= 11 is 0. The zero-order chi connectivity index (χ0) is 27.4. The summed E-state index contributed by atoms with van der Waals surface area (Å²) in [7, 11) is -4.15. The molecular weight excluding hydrogens is 508 g/mol. The van der Waals surface area contributed by atoms with Crippen molar-refractivity contribution in [1.29, 1.82) is 0 Å². The number of benzene rings is 2. The summed E-state index contributed by atoms with van der Waals surface area (Å²) in [5.41, 5.74) is 2.65. The second kappa shape index (κ2) is 11.2. The van der Waals surface area contributed by atoms with Gasteiger partial charge in [-0.1, -0.05) is 35.9 Å². The van der Waals surface area contributed by atoms with Gasteiger partial charge in [0.25, 0.3) is 5.56 Å². The number of aromatic nitrogens is 2. The van der Waals surface area contributed by atoms with Crippen LogP contribution in [0.3, 0.4) is 0 Å². The fraction of sp³-hybridized carbons (Fsp3) is 0.308. The minimum Gasteiger partial charge on any atom is -0.480 e. The summed E-state index contributed by atoms with van der Waals surface area (Å²) in [5, 5.41) is 16.3. The number of nitrogens with one attached hydrogen (secondary N) is 4. The molecule has 0 spiro atoms. The minimum absolute atomic E-state index is 0.0394. The zero-order valence-corrected chi connectivity index (χ0v) is 22.1. The van der Waals surface area contributed by atoms with E-state index in [0.29, 0.717) is 28.6 Å². The maximum Gasteiger partial charge on any atom is 0.322 e. The molecule has 0 saturated carbocycles. The molecule has 1 aliphatic heterocycles. The molecule has 5 N–H and O–H groups in total. The van der Waals surface area contributed by atoms with E-state index in [0.717, 1.165) is 30.2 Å². The second-order valence-corrected chi connectivity index (χ2v) is 10.8. The average Bonchev–Trinajstić information content (AvgIpc) is 3.34. The standard InChI is InChI=1S/C26H30N6O5S/c1-15-11-16(2)23(17(3)12-15)38(36,37)32-21(25(34)35)14-22-30-20-7-6-18(13-19(20)24(33)31-22)5-4-8-27-26-28-9-10-29-26/h4-7,11-13,21,32H,8-10,14H2,1-3H3,(H,34,35)(H2,27,28,29)(H,30,31,33)/b5-4+/t21-/m0/s1. The SMILES string of the molecule is Cc1cc(C)c(S(=O)(=O)N[C@@H](Cc2nc3ccc(/C=C/CNC4=NCCN4)cc3c(=O)[nH]2)C(=O)O)c(C)c1. The van der Waals surface area contributed by atoms with Crippen molar-refractivity contribution >= 4 is 38.9 Å². The Hall–Kier alpha value is -4.03. The number of carboxylic acids is 1. The van der Waals surface area contributed by atoms with Gasteiger partial charge >= 0.3 is 5.97 Å². The highest BCUT2D eigenvalue weighted by Gasteiger charge is 2.29. The smallest absolute Gasteiger partial charge is 0.322 e.